The van der Waals surface area contributed by atoms with Crippen LogP contribution in [0.5, 0.6) is 0 Å². The van der Waals surface area contributed by atoms with Gasteiger partial charge in [0, 0.05) is 6.54 Å². The van der Waals surface area contributed by atoms with E-state index in [9.17, 15) is 9.59 Å². The smallest absolute Gasteiger partial charge is 0.371 e. The number of furan rings is 1. The van der Waals surface area contributed by atoms with Gasteiger partial charge >= 0.3 is 12.0 Å². The fraction of sp³-hybridized carbons (Fsp3) is 0.538. The van der Waals surface area contributed by atoms with Crippen LogP contribution in [0.3, 0.4) is 0 Å². The molecule has 6 nitrogen and oxygen atoms in total. The van der Waals surface area contributed by atoms with Crippen molar-refractivity contribution < 1.29 is 19.1 Å². The van der Waals surface area contributed by atoms with Gasteiger partial charge in [-0.15, -0.1) is 0 Å². The van der Waals surface area contributed by atoms with Crippen molar-refractivity contribution in [3.05, 3.63) is 23.7 Å². The third kappa shape index (κ3) is 5.03. The highest BCUT2D eigenvalue weighted by molar-refractivity contribution is 5.84. The van der Waals surface area contributed by atoms with Crippen molar-refractivity contribution in [3.63, 3.8) is 0 Å². The van der Waals surface area contributed by atoms with Crippen LogP contribution in [-0.4, -0.2) is 23.7 Å². The van der Waals surface area contributed by atoms with Gasteiger partial charge in [0.25, 0.3) is 0 Å². The van der Waals surface area contributed by atoms with Crippen molar-refractivity contribution in [1.82, 2.24) is 10.6 Å². The van der Waals surface area contributed by atoms with Crippen LogP contribution in [-0.2, 0) is 6.54 Å². The molecular formula is C13H20N2O4. The summed E-state index contributed by atoms with van der Waals surface area (Å²) in [7, 11) is 0. The number of carboxylic acids is 1. The SMILES string of the molecule is CCC(C)(C)CNC(=O)NCc1ccc(C(=O)O)o1. The maximum Gasteiger partial charge on any atom is 0.371 e. The van der Waals surface area contributed by atoms with E-state index in [0.29, 0.717) is 12.3 Å². The zero-order chi connectivity index (χ0) is 14.5. The Balaban J connectivity index is 2.35. The molecule has 0 saturated carbocycles. The summed E-state index contributed by atoms with van der Waals surface area (Å²) in [6.07, 6.45) is 0.966. The van der Waals surface area contributed by atoms with E-state index in [0.717, 1.165) is 6.42 Å². The average Bonchev–Trinajstić information content (AvgIpc) is 2.83. The summed E-state index contributed by atoms with van der Waals surface area (Å²) in [5.41, 5.74) is 0.0541. The molecule has 1 heterocycles. The van der Waals surface area contributed by atoms with E-state index < -0.39 is 5.97 Å². The number of hydrogen-bond donors (Lipinski definition) is 3. The number of carbonyl (C=O) groups excluding carboxylic acids is 1. The molecule has 1 aromatic rings. The van der Waals surface area contributed by atoms with Crippen LogP contribution in [0.25, 0.3) is 0 Å². The van der Waals surface area contributed by atoms with E-state index in [1.807, 2.05) is 0 Å². The molecule has 1 aromatic heterocycles. The lowest BCUT2D eigenvalue weighted by molar-refractivity contribution is 0.0660. The lowest BCUT2D eigenvalue weighted by atomic mass is 9.90. The van der Waals surface area contributed by atoms with Crippen molar-refractivity contribution >= 4 is 12.0 Å². The van der Waals surface area contributed by atoms with Crippen LogP contribution in [0.1, 0.15) is 43.5 Å². The molecule has 0 aliphatic heterocycles. The maximum absolute atomic E-state index is 11.5. The quantitative estimate of drug-likeness (QED) is 0.737. The molecule has 0 atom stereocenters. The zero-order valence-electron chi connectivity index (χ0n) is 11.4. The van der Waals surface area contributed by atoms with E-state index in [1.165, 1.54) is 12.1 Å². The number of hydrogen-bond acceptors (Lipinski definition) is 3. The summed E-state index contributed by atoms with van der Waals surface area (Å²) in [4.78, 5) is 22.1. The minimum absolute atomic E-state index is 0.0541. The first-order chi connectivity index (χ1) is 8.84. The molecule has 0 radical (unpaired) electrons. The third-order valence-electron chi connectivity index (χ3n) is 2.98. The summed E-state index contributed by atoms with van der Waals surface area (Å²) in [5.74, 6) is -0.855. The number of nitrogens with one attached hydrogen (secondary N) is 2. The van der Waals surface area contributed by atoms with Gasteiger partial charge in [-0.05, 0) is 24.0 Å². The van der Waals surface area contributed by atoms with Gasteiger partial charge < -0.3 is 20.2 Å². The minimum Gasteiger partial charge on any atom is -0.475 e. The first-order valence-electron chi connectivity index (χ1n) is 6.18. The van der Waals surface area contributed by atoms with Gasteiger partial charge in [-0.25, -0.2) is 9.59 Å². The molecule has 2 amide bonds. The molecule has 0 aliphatic carbocycles. The summed E-state index contributed by atoms with van der Waals surface area (Å²) in [6.45, 7) is 6.94. The largest absolute Gasteiger partial charge is 0.475 e. The summed E-state index contributed by atoms with van der Waals surface area (Å²) in [6, 6.07) is 2.59. The van der Waals surface area contributed by atoms with Gasteiger partial charge in [-0.2, -0.15) is 0 Å². The highest BCUT2D eigenvalue weighted by atomic mass is 16.4. The van der Waals surface area contributed by atoms with E-state index in [4.69, 9.17) is 9.52 Å². The first kappa shape index (κ1) is 15.1. The Morgan fingerprint density at radius 2 is 2.00 bits per heavy atom. The van der Waals surface area contributed by atoms with Gasteiger partial charge in [0.1, 0.15) is 5.76 Å². The Morgan fingerprint density at radius 3 is 2.53 bits per heavy atom. The average molecular weight is 268 g/mol. The second kappa shape index (κ2) is 6.26. The Bertz CT molecular complexity index is 451. The normalized spacial score (nSPS) is 11.1. The number of urea groups is 1. The Morgan fingerprint density at radius 1 is 1.32 bits per heavy atom. The molecule has 0 unspecified atom stereocenters. The lowest BCUT2D eigenvalue weighted by Crippen LogP contribution is -2.40. The Hall–Kier alpha value is -1.98. The monoisotopic (exact) mass is 268 g/mol. The standard InChI is InChI=1S/C13H20N2O4/c1-4-13(2,3)8-15-12(18)14-7-9-5-6-10(19-9)11(16)17/h5-6H,4,7-8H2,1-3H3,(H,16,17)(H2,14,15,18). The summed E-state index contributed by atoms with van der Waals surface area (Å²) >= 11 is 0. The highest BCUT2D eigenvalue weighted by Gasteiger charge is 2.16. The van der Waals surface area contributed by atoms with E-state index in [2.05, 4.69) is 31.4 Å². The van der Waals surface area contributed by atoms with E-state index in [1.54, 1.807) is 0 Å². The van der Waals surface area contributed by atoms with Gasteiger partial charge in [0.2, 0.25) is 5.76 Å². The molecule has 1 rings (SSSR count). The van der Waals surface area contributed by atoms with Gasteiger partial charge in [0.15, 0.2) is 0 Å². The van der Waals surface area contributed by atoms with Gasteiger partial charge in [-0.1, -0.05) is 20.8 Å². The summed E-state index contributed by atoms with van der Waals surface area (Å²) < 4.78 is 5.02. The molecule has 6 heteroatoms. The molecule has 19 heavy (non-hydrogen) atoms. The van der Waals surface area contributed by atoms with Crippen molar-refractivity contribution in [2.75, 3.05) is 6.54 Å². The van der Waals surface area contributed by atoms with Crippen molar-refractivity contribution in [2.45, 2.75) is 33.7 Å². The van der Waals surface area contributed by atoms with Crippen LogP contribution >= 0.6 is 0 Å². The highest BCUT2D eigenvalue weighted by Crippen LogP contribution is 2.17. The topological polar surface area (TPSA) is 91.6 Å². The van der Waals surface area contributed by atoms with Gasteiger partial charge in [0.05, 0.1) is 6.54 Å². The van der Waals surface area contributed by atoms with Crippen LogP contribution in [0, 0.1) is 5.41 Å². The number of carboxylic acid groups (broad SMARTS) is 1. The molecule has 0 aliphatic rings. The van der Waals surface area contributed by atoms with Crippen molar-refractivity contribution in [1.29, 1.82) is 0 Å². The minimum atomic E-state index is -1.12. The van der Waals surface area contributed by atoms with Crippen molar-refractivity contribution in [2.24, 2.45) is 5.41 Å². The first-order valence-corrected chi connectivity index (χ1v) is 6.18. The van der Waals surface area contributed by atoms with Crippen LogP contribution < -0.4 is 10.6 Å². The third-order valence-corrected chi connectivity index (χ3v) is 2.98. The molecule has 0 fully saturated rings. The van der Waals surface area contributed by atoms with Crippen LogP contribution in [0.15, 0.2) is 16.5 Å². The Kier molecular flexibility index (Phi) is 4.97. The van der Waals surface area contributed by atoms with Gasteiger partial charge in [-0.3, -0.25) is 0 Å². The molecule has 3 N–H and O–H groups in total. The number of rotatable bonds is 6. The molecule has 106 valence electrons. The maximum atomic E-state index is 11.5. The zero-order valence-corrected chi connectivity index (χ0v) is 11.4. The second-order valence-corrected chi connectivity index (χ2v) is 5.13. The van der Waals surface area contributed by atoms with E-state index in [-0.39, 0.29) is 23.8 Å². The predicted molar refractivity (Wildman–Crippen MR) is 70.0 cm³/mol. The predicted octanol–water partition coefficient (Wildman–Crippen LogP) is 2.21. The number of amides is 2. The molecular weight excluding hydrogens is 248 g/mol. The fourth-order valence-electron chi connectivity index (χ4n) is 1.26. The van der Waals surface area contributed by atoms with Crippen LogP contribution in [0.4, 0.5) is 4.79 Å². The molecule has 0 saturated heterocycles. The Labute approximate surface area is 112 Å². The fourth-order valence-corrected chi connectivity index (χ4v) is 1.26. The molecule has 0 aromatic carbocycles. The summed E-state index contributed by atoms with van der Waals surface area (Å²) in [5, 5.41) is 14.1. The van der Waals surface area contributed by atoms with E-state index >= 15 is 0 Å². The second-order valence-electron chi connectivity index (χ2n) is 5.13. The molecule has 0 bridgehead atoms. The lowest BCUT2D eigenvalue weighted by Gasteiger charge is -2.22. The number of aromatic carboxylic acids is 1. The molecule has 0 spiro atoms. The number of carbonyl (C=O) groups is 2. The van der Waals surface area contributed by atoms with Crippen molar-refractivity contribution in [3.8, 4) is 0 Å². The van der Waals surface area contributed by atoms with Crippen LogP contribution in [0.2, 0.25) is 0 Å².